The average molecular weight is 343 g/mol. The molecule has 0 saturated carbocycles. The van der Waals surface area contributed by atoms with E-state index >= 15 is 0 Å². The van der Waals surface area contributed by atoms with Gasteiger partial charge in [-0.25, -0.2) is 4.79 Å². The highest BCUT2D eigenvalue weighted by Crippen LogP contribution is 2.29. The fraction of sp³-hybridized carbons (Fsp3) is 0.412. The molecular weight excluding hydrogens is 322 g/mol. The van der Waals surface area contributed by atoms with Crippen LogP contribution in [0.4, 0.5) is 16.2 Å². The average Bonchev–Trinajstić information content (AvgIpc) is 3.18. The first kappa shape index (κ1) is 16.9. The molecule has 8 nitrogen and oxygen atoms in total. The van der Waals surface area contributed by atoms with Gasteiger partial charge in [-0.05, 0) is 37.5 Å². The van der Waals surface area contributed by atoms with E-state index in [1.165, 1.54) is 6.07 Å². The van der Waals surface area contributed by atoms with Crippen LogP contribution < -0.4 is 5.32 Å². The molecule has 2 aromatic rings. The predicted molar refractivity (Wildman–Crippen MR) is 93.7 cm³/mol. The van der Waals surface area contributed by atoms with Crippen molar-refractivity contribution in [1.82, 2.24) is 14.7 Å². The Balaban J connectivity index is 1.71. The van der Waals surface area contributed by atoms with Gasteiger partial charge >= 0.3 is 6.03 Å². The first-order valence-electron chi connectivity index (χ1n) is 8.15. The van der Waals surface area contributed by atoms with E-state index in [1.807, 2.05) is 26.4 Å². The van der Waals surface area contributed by atoms with Gasteiger partial charge in [-0.15, -0.1) is 0 Å². The predicted octanol–water partition coefficient (Wildman–Crippen LogP) is 2.97. The number of carbonyl (C=O) groups is 1. The minimum atomic E-state index is -0.432. The van der Waals surface area contributed by atoms with Gasteiger partial charge in [0.1, 0.15) is 0 Å². The van der Waals surface area contributed by atoms with Crippen molar-refractivity contribution in [1.29, 1.82) is 0 Å². The summed E-state index contributed by atoms with van der Waals surface area (Å²) in [5.74, 6) is 0.271. The molecule has 0 radical (unpaired) electrons. The molecule has 1 fully saturated rings. The topological polar surface area (TPSA) is 93.3 Å². The Morgan fingerprint density at radius 3 is 2.76 bits per heavy atom. The zero-order chi connectivity index (χ0) is 18.1. The number of carbonyl (C=O) groups excluding carboxylic acids is 1. The van der Waals surface area contributed by atoms with E-state index in [9.17, 15) is 14.9 Å². The van der Waals surface area contributed by atoms with Crippen molar-refractivity contribution >= 4 is 17.4 Å². The molecule has 2 heterocycles. The summed E-state index contributed by atoms with van der Waals surface area (Å²) >= 11 is 0. The first-order valence-corrected chi connectivity index (χ1v) is 8.15. The quantitative estimate of drug-likeness (QED) is 0.685. The number of anilines is 1. The molecule has 132 valence electrons. The number of rotatable bonds is 3. The maximum absolute atomic E-state index is 12.5. The number of urea groups is 1. The number of aromatic nitrogens is 2. The van der Waals surface area contributed by atoms with Gasteiger partial charge in [-0.1, -0.05) is 0 Å². The Hall–Kier alpha value is -2.90. The van der Waals surface area contributed by atoms with Crippen molar-refractivity contribution in [3.05, 3.63) is 51.3 Å². The number of nitrogens with zero attached hydrogens (tertiary/aromatic N) is 4. The number of hydrogen-bond acceptors (Lipinski definition) is 4. The molecule has 1 N–H and O–H groups in total. The van der Waals surface area contributed by atoms with E-state index in [4.69, 9.17) is 0 Å². The molecule has 2 amide bonds. The van der Waals surface area contributed by atoms with E-state index in [2.05, 4.69) is 10.4 Å². The fourth-order valence-electron chi connectivity index (χ4n) is 3.23. The van der Waals surface area contributed by atoms with Gasteiger partial charge in [0.05, 0.1) is 16.8 Å². The Morgan fingerprint density at radius 2 is 2.12 bits per heavy atom. The first-order chi connectivity index (χ1) is 11.8. The van der Waals surface area contributed by atoms with Crippen molar-refractivity contribution < 1.29 is 9.72 Å². The van der Waals surface area contributed by atoms with Crippen LogP contribution in [-0.2, 0) is 7.05 Å². The largest absolute Gasteiger partial charge is 0.324 e. The van der Waals surface area contributed by atoms with Crippen molar-refractivity contribution in [2.24, 2.45) is 7.05 Å². The number of nitrogens with one attached hydrogen (secondary N) is 1. The van der Waals surface area contributed by atoms with Crippen LogP contribution in [-0.4, -0.2) is 38.7 Å². The molecule has 1 aromatic carbocycles. The van der Waals surface area contributed by atoms with Crippen LogP contribution in [0.5, 0.6) is 0 Å². The van der Waals surface area contributed by atoms with Gasteiger partial charge in [-0.2, -0.15) is 5.10 Å². The van der Waals surface area contributed by atoms with Crippen LogP contribution in [0.3, 0.4) is 0 Å². The zero-order valence-electron chi connectivity index (χ0n) is 14.5. The summed E-state index contributed by atoms with van der Waals surface area (Å²) in [4.78, 5) is 24.9. The summed E-state index contributed by atoms with van der Waals surface area (Å²) in [5, 5.41) is 18.1. The summed E-state index contributed by atoms with van der Waals surface area (Å²) in [5.41, 5.74) is 3.00. The van der Waals surface area contributed by atoms with Gasteiger partial charge in [0.2, 0.25) is 0 Å². The van der Waals surface area contributed by atoms with Crippen LogP contribution in [0, 0.1) is 24.0 Å². The lowest BCUT2D eigenvalue weighted by molar-refractivity contribution is -0.385. The number of aryl methyl sites for hydroxylation is 3. The molecular formula is C17H21N5O3. The Bertz CT molecular complexity index is 830. The number of amides is 2. The lowest BCUT2D eigenvalue weighted by Crippen LogP contribution is -2.33. The van der Waals surface area contributed by atoms with E-state index in [0.29, 0.717) is 24.3 Å². The van der Waals surface area contributed by atoms with Crippen LogP contribution in [0.25, 0.3) is 0 Å². The number of nitro groups is 1. The van der Waals surface area contributed by atoms with Gasteiger partial charge in [0.25, 0.3) is 5.69 Å². The summed E-state index contributed by atoms with van der Waals surface area (Å²) in [6.45, 7) is 4.79. The van der Waals surface area contributed by atoms with Crippen LogP contribution in [0.1, 0.15) is 29.0 Å². The number of benzene rings is 1. The molecule has 8 heteroatoms. The molecule has 1 aromatic heterocycles. The zero-order valence-corrected chi connectivity index (χ0v) is 14.5. The van der Waals surface area contributed by atoms with Crippen LogP contribution in [0.2, 0.25) is 0 Å². The summed E-state index contributed by atoms with van der Waals surface area (Å²) in [7, 11) is 1.87. The number of nitro benzene ring substituents is 1. The van der Waals surface area contributed by atoms with Crippen molar-refractivity contribution in [3.63, 3.8) is 0 Å². The lowest BCUT2D eigenvalue weighted by Gasteiger charge is -2.18. The second-order valence-corrected chi connectivity index (χ2v) is 6.52. The third-order valence-electron chi connectivity index (χ3n) is 4.65. The normalized spacial score (nSPS) is 16.9. The minimum absolute atomic E-state index is 0.00978. The van der Waals surface area contributed by atoms with Crippen molar-refractivity contribution in [2.45, 2.75) is 26.2 Å². The third-order valence-corrected chi connectivity index (χ3v) is 4.65. The lowest BCUT2D eigenvalue weighted by atomic mass is 10.0. The van der Waals surface area contributed by atoms with Crippen LogP contribution in [0.15, 0.2) is 24.5 Å². The summed E-state index contributed by atoms with van der Waals surface area (Å²) in [6.07, 6.45) is 4.69. The fourth-order valence-corrected chi connectivity index (χ4v) is 3.23. The number of likely N-dealkylation sites (tertiary alicyclic amines) is 1. The highest BCUT2D eigenvalue weighted by atomic mass is 16.6. The van der Waals surface area contributed by atoms with Gasteiger partial charge in [-0.3, -0.25) is 14.8 Å². The Morgan fingerprint density at radius 1 is 1.36 bits per heavy atom. The van der Waals surface area contributed by atoms with Gasteiger partial charge in [0, 0.05) is 43.9 Å². The third kappa shape index (κ3) is 3.47. The molecule has 1 saturated heterocycles. The van der Waals surface area contributed by atoms with Crippen LogP contribution >= 0.6 is 0 Å². The Labute approximate surface area is 145 Å². The molecule has 0 spiro atoms. The molecule has 0 aliphatic carbocycles. The van der Waals surface area contributed by atoms with Crippen molar-refractivity contribution in [2.75, 3.05) is 18.4 Å². The smallest absolute Gasteiger partial charge is 0.321 e. The second kappa shape index (κ2) is 6.54. The van der Waals surface area contributed by atoms with Crippen molar-refractivity contribution in [3.8, 4) is 0 Å². The SMILES string of the molecule is Cc1cc(C)c([N+](=O)[O-])cc1NC(=O)N1CC[C@@H](c2cnn(C)c2)C1. The maximum Gasteiger partial charge on any atom is 0.321 e. The molecule has 25 heavy (non-hydrogen) atoms. The molecule has 3 rings (SSSR count). The minimum Gasteiger partial charge on any atom is -0.324 e. The van der Waals surface area contributed by atoms with E-state index in [0.717, 1.165) is 17.5 Å². The molecule has 1 atom stereocenters. The Kier molecular flexibility index (Phi) is 4.43. The van der Waals surface area contributed by atoms with E-state index in [1.54, 1.807) is 22.6 Å². The molecule has 1 aliphatic heterocycles. The van der Waals surface area contributed by atoms with E-state index < -0.39 is 4.92 Å². The monoisotopic (exact) mass is 343 g/mol. The highest BCUT2D eigenvalue weighted by molar-refractivity contribution is 5.91. The van der Waals surface area contributed by atoms with E-state index in [-0.39, 0.29) is 17.6 Å². The second-order valence-electron chi connectivity index (χ2n) is 6.52. The summed E-state index contributed by atoms with van der Waals surface area (Å²) < 4.78 is 1.76. The molecule has 1 aliphatic rings. The highest BCUT2D eigenvalue weighted by Gasteiger charge is 2.28. The number of hydrogen-bond donors (Lipinski definition) is 1. The summed E-state index contributed by atoms with van der Waals surface area (Å²) in [6, 6.07) is 2.92. The van der Waals surface area contributed by atoms with Gasteiger partial charge in [0.15, 0.2) is 0 Å². The molecule has 0 unspecified atom stereocenters. The molecule has 0 bridgehead atoms. The van der Waals surface area contributed by atoms with Gasteiger partial charge < -0.3 is 10.2 Å². The standard InChI is InChI=1S/C17H21N5O3/c1-11-6-12(2)16(22(24)25)7-15(11)19-17(23)21-5-4-13(10-21)14-8-18-20(3)9-14/h6-9,13H,4-5,10H2,1-3H3,(H,19,23)/t13-/m1/s1. The maximum atomic E-state index is 12.5.